The fourth-order valence-electron chi connectivity index (χ4n) is 1.56. The molecule has 106 valence electrons. The van der Waals surface area contributed by atoms with Crippen LogP contribution in [0.15, 0.2) is 6.20 Å². The van der Waals surface area contributed by atoms with Crippen LogP contribution in [-0.4, -0.2) is 41.3 Å². The Morgan fingerprint density at radius 3 is 2.79 bits per heavy atom. The van der Waals surface area contributed by atoms with E-state index in [1.807, 2.05) is 13.8 Å². The SMILES string of the molecule is COCCCCNc1cnc(C(C)C)nc1C(=O)O. The second-order valence-electron chi connectivity index (χ2n) is 4.58. The van der Waals surface area contributed by atoms with Crippen molar-refractivity contribution in [3.8, 4) is 0 Å². The van der Waals surface area contributed by atoms with Crippen molar-refractivity contribution in [2.24, 2.45) is 0 Å². The summed E-state index contributed by atoms with van der Waals surface area (Å²) < 4.78 is 4.95. The number of nitrogens with one attached hydrogen (secondary N) is 1. The Kier molecular flexibility index (Phi) is 6.21. The molecule has 6 nitrogen and oxygen atoms in total. The molecular weight excluding hydrogens is 246 g/mol. The van der Waals surface area contributed by atoms with Gasteiger partial charge in [-0.3, -0.25) is 0 Å². The number of rotatable bonds is 8. The van der Waals surface area contributed by atoms with Gasteiger partial charge in [-0.05, 0) is 12.8 Å². The first kappa shape index (κ1) is 15.4. The molecule has 1 aromatic heterocycles. The number of nitrogens with zero attached hydrogens (tertiary/aromatic N) is 2. The number of ether oxygens (including phenoxy) is 1. The average molecular weight is 267 g/mol. The molecule has 1 heterocycles. The smallest absolute Gasteiger partial charge is 0.356 e. The summed E-state index contributed by atoms with van der Waals surface area (Å²) in [5, 5.41) is 12.2. The van der Waals surface area contributed by atoms with E-state index in [2.05, 4.69) is 15.3 Å². The molecule has 19 heavy (non-hydrogen) atoms. The standard InChI is InChI=1S/C13H21N3O3/c1-9(2)12-15-8-10(11(16-12)13(17)18)14-6-4-5-7-19-3/h8-9,14H,4-7H2,1-3H3,(H,17,18). The summed E-state index contributed by atoms with van der Waals surface area (Å²) >= 11 is 0. The van der Waals surface area contributed by atoms with Gasteiger partial charge in [-0.2, -0.15) is 0 Å². The van der Waals surface area contributed by atoms with Crippen LogP contribution in [0.25, 0.3) is 0 Å². The Morgan fingerprint density at radius 2 is 2.21 bits per heavy atom. The molecule has 0 saturated carbocycles. The molecule has 0 saturated heterocycles. The van der Waals surface area contributed by atoms with E-state index in [0.29, 0.717) is 24.7 Å². The molecule has 0 atom stereocenters. The normalized spacial score (nSPS) is 10.7. The summed E-state index contributed by atoms with van der Waals surface area (Å²) in [6.07, 6.45) is 3.37. The van der Waals surface area contributed by atoms with Crippen LogP contribution < -0.4 is 5.32 Å². The Bertz CT molecular complexity index is 422. The fraction of sp³-hybridized carbons (Fsp3) is 0.615. The summed E-state index contributed by atoms with van der Waals surface area (Å²) in [4.78, 5) is 19.4. The molecule has 1 rings (SSSR count). The van der Waals surface area contributed by atoms with Gasteiger partial charge in [-0.15, -0.1) is 0 Å². The second-order valence-corrected chi connectivity index (χ2v) is 4.58. The average Bonchev–Trinajstić information content (AvgIpc) is 2.38. The van der Waals surface area contributed by atoms with Crippen molar-refractivity contribution >= 4 is 11.7 Å². The number of aromatic nitrogens is 2. The summed E-state index contributed by atoms with van der Waals surface area (Å²) in [6, 6.07) is 0. The lowest BCUT2D eigenvalue weighted by Gasteiger charge is -2.11. The maximum absolute atomic E-state index is 11.2. The largest absolute Gasteiger partial charge is 0.476 e. The predicted molar refractivity (Wildman–Crippen MR) is 72.7 cm³/mol. The summed E-state index contributed by atoms with van der Waals surface area (Å²) in [7, 11) is 1.66. The number of carboxylic acid groups (broad SMARTS) is 1. The first-order chi connectivity index (χ1) is 9.06. The molecule has 1 aromatic rings. The fourth-order valence-corrected chi connectivity index (χ4v) is 1.56. The van der Waals surface area contributed by atoms with E-state index < -0.39 is 5.97 Å². The van der Waals surface area contributed by atoms with Crippen LogP contribution in [0.2, 0.25) is 0 Å². The highest BCUT2D eigenvalue weighted by Gasteiger charge is 2.15. The molecule has 0 radical (unpaired) electrons. The molecule has 0 unspecified atom stereocenters. The first-order valence-corrected chi connectivity index (χ1v) is 6.39. The van der Waals surface area contributed by atoms with Crippen molar-refractivity contribution in [2.45, 2.75) is 32.6 Å². The molecule has 0 aliphatic rings. The van der Waals surface area contributed by atoms with E-state index in [9.17, 15) is 4.79 Å². The quantitative estimate of drug-likeness (QED) is 0.702. The van der Waals surface area contributed by atoms with Crippen LogP contribution in [0.1, 0.15) is 48.9 Å². The maximum Gasteiger partial charge on any atom is 0.356 e. The number of aromatic carboxylic acids is 1. The molecule has 2 N–H and O–H groups in total. The summed E-state index contributed by atoms with van der Waals surface area (Å²) in [6.45, 7) is 5.24. The monoisotopic (exact) mass is 267 g/mol. The Hall–Kier alpha value is -1.69. The third-order valence-electron chi connectivity index (χ3n) is 2.62. The van der Waals surface area contributed by atoms with Crippen molar-refractivity contribution in [3.63, 3.8) is 0 Å². The van der Waals surface area contributed by atoms with Gasteiger partial charge in [0.15, 0.2) is 5.69 Å². The van der Waals surface area contributed by atoms with Crippen molar-refractivity contribution in [3.05, 3.63) is 17.7 Å². The number of methoxy groups -OCH3 is 1. The molecule has 0 spiro atoms. The third-order valence-corrected chi connectivity index (χ3v) is 2.62. The predicted octanol–water partition coefficient (Wildman–Crippen LogP) is 2.14. The van der Waals surface area contributed by atoms with Crippen LogP contribution in [0.4, 0.5) is 5.69 Å². The zero-order valence-electron chi connectivity index (χ0n) is 11.6. The van der Waals surface area contributed by atoms with E-state index in [1.54, 1.807) is 13.3 Å². The van der Waals surface area contributed by atoms with Gasteiger partial charge in [0.1, 0.15) is 5.82 Å². The third kappa shape index (κ3) is 4.82. The number of hydrogen-bond acceptors (Lipinski definition) is 5. The molecule has 0 aliphatic carbocycles. The number of anilines is 1. The Labute approximate surface area is 113 Å². The van der Waals surface area contributed by atoms with Crippen LogP contribution in [-0.2, 0) is 4.74 Å². The molecule has 0 aromatic carbocycles. The van der Waals surface area contributed by atoms with E-state index in [1.165, 1.54) is 0 Å². The van der Waals surface area contributed by atoms with Crippen LogP contribution in [0.5, 0.6) is 0 Å². The lowest BCUT2D eigenvalue weighted by molar-refractivity contribution is 0.0691. The zero-order valence-corrected chi connectivity index (χ0v) is 11.6. The van der Waals surface area contributed by atoms with Gasteiger partial charge in [0.2, 0.25) is 0 Å². The molecule has 0 amide bonds. The van der Waals surface area contributed by atoms with E-state index in [4.69, 9.17) is 9.84 Å². The van der Waals surface area contributed by atoms with Gasteiger partial charge < -0.3 is 15.2 Å². The van der Waals surface area contributed by atoms with E-state index >= 15 is 0 Å². The highest BCUT2D eigenvalue weighted by molar-refractivity contribution is 5.91. The Morgan fingerprint density at radius 1 is 1.47 bits per heavy atom. The van der Waals surface area contributed by atoms with Gasteiger partial charge in [0.25, 0.3) is 0 Å². The number of hydrogen-bond donors (Lipinski definition) is 2. The highest BCUT2D eigenvalue weighted by Crippen LogP contribution is 2.16. The van der Waals surface area contributed by atoms with Crippen LogP contribution in [0.3, 0.4) is 0 Å². The number of carbonyl (C=O) groups is 1. The minimum absolute atomic E-state index is 0.0328. The minimum Gasteiger partial charge on any atom is -0.476 e. The number of unbranched alkanes of at least 4 members (excludes halogenated alkanes) is 1. The van der Waals surface area contributed by atoms with Crippen molar-refractivity contribution in [2.75, 3.05) is 25.6 Å². The number of carboxylic acids is 1. The summed E-state index contributed by atoms with van der Waals surface area (Å²) in [5.41, 5.74) is 0.500. The summed E-state index contributed by atoms with van der Waals surface area (Å²) in [5.74, 6) is -0.389. The van der Waals surface area contributed by atoms with Crippen LogP contribution in [0, 0.1) is 0 Å². The first-order valence-electron chi connectivity index (χ1n) is 6.39. The van der Waals surface area contributed by atoms with Gasteiger partial charge in [-0.25, -0.2) is 14.8 Å². The van der Waals surface area contributed by atoms with Crippen LogP contribution >= 0.6 is 0 Å². The van der Waals surface area contributed by atoms with Gasteiger partial charge >= 0.3 is 5.97 Å². The van der Waals surface area contributed by atoms with E-state index in [0.717, 1.165) is 12.8 Å². The molecule has 6 heteroatoms. The maximum atomic E-state index is 11.2. The zero-order chi connectivity index (χ0) is 14.3. The van der Waals surface area contributed by atoms with Gasteiger partial charge in [0, 0.05) is 26.2 Å². The highest BCUT2D eigenvalue weighted by atomic mass is 16.5. The van der Waals surface area contributed by atoms with Crippen molar-refractivity contribution in [1.29, 1.82) is 0 Å². The minimum atomic E-state index is -1.04. The topological polar surface area (TPSA) is 84.3 Å². The lowest BCUT2D eigenvalue weighted by Crippen LogP contribution is -2.13. The Balaban J connectivity index is 2.69. The molecule has 0 fully saturated rings. The van der Waals surface area contributed by atoms with E-state index in [-0.39, 0.29) is 11.6 Å². The molecular formula is C13H21N3O3. The molecule has 0 bridgehead atoms. The van der Waals surface area contributed by atoms with Crippen molar-refractivity contribution < 1.29 is 14.6 Å². The molecule has 0 aliphatic heterocycles. The van der Waals surface area contributed by atoms with Gasteiger partial charge in [-0.1, -0.05) is 13.8 Å². The lowest BCUT2D eigenvalue weighted by atomic mass is 10.2. The van der Waals surface area contributed by atoms with Crippen molar-refractivity contribution in [1.82, 2.24) is 9.97 Å². The second kappa shape index (κ2) is 7.68. The van der Waals surface area contributed by atoms with Gasteiger partial charge in [0.05, 0.1) is 11.9 Å².